The lowest BCUT2D eigenvalue weighted by molar-refractivity contribution is -0.124. The van der Waals surface area contributed by atoms with E-state index in [1.54, 1.807) is 18.2 Å². The van der Waals surface area contributed by atoms with Crippen LogP contribution in [0.5, 0.6) is 0 Å². The molecule has 2 aromatic rings. The van der Waals surface area contributed by atoms with Gasteiger partial charge in [0, 0.05) is 30.4 Å². The summed E-state index contributed by atoms with van der Waals surface area (Å²) in [6.07, 6.45) is 3.36. The Bertz CT molecular complexity index is 1090. The Morgan fingerprint density at radius 1 is 1.19 bits per heavy atom. The molecule has 1 saturated heterocycles. The molecule has 2 aliphatic heterocycles. The average Bonchev–Trinajstić information content (AvgIpc) is 3.04. The van der Waals surface area contributed by atoms with E-state index in [4.69, 9.17) is 0 Å². The summed E-state index contributed by atoms with van der Waals surface area (Å²) in [6.45, 7) is 2.55. The minimum atomic E-state index is -0.476. The van der Waals surface area contributed by atoms with Crippen LogP contribution in [0.15, 0.2) is 53.4 Å². The summed E-state index contributed by atoms with van der Waals surface area (Å²) in [6, 6.07) is 14.4. The average molecular weight is 454 g/mol. The van der Waals surface area contributed by atoms with E-state index in [1.165, 1.54) is 17.7 Å². The zero-order chi connectivity index (χ0) is 22.7. The standard InChI is InChI=1S/C24H24FN3O3S/c1-16-10-11-17-6-3-5-9-20(17)28(16)15-22(29)26-12-13-27-23(30)21(32-24(27)31)14-18-7-2-4-8-19(18)25/h2-9,14,16H,10-13,15H2,1H3,(H,26,29)/b21-14-/t16-/m0/s1. The Balaban J connectivity index is 1.33. The number of imide groups is 1. The van der Waals surface area contributed by atoms with E-state index in [-0.39, 0.29) is 42.1 Å². The number of halogens is 1. The van der Waals surface area contributed by atoms with E-state index < -0.39 is 17.0 Å². The van der Waals surface area contributed by atoms with Crippen LogP contribution in [-0.4, -0.2) is 47.6 Å². The van der Waals surface area contributed by atoms with Gasteiger partial charge in [-0.25, -0.2) is 4.39 Å². The summed E-state index contributed by atoms with van der Waals surface area (Å²) in [7, 11) is 0. The SMILES string of the molecule is C[C@H]1CCc2ccccc2N1CC(=O)NCCN1C(=O)S/C(=C\c2ccccc2F)C1=O. The van der Waals surface area contributed by atoms with E-state index in [0.717, 1.165) is 35.2 Å². The number of nitrogens with zero attached hydrogens (tertiary/aromatic N) is 2. The van der Waals surface area contributed by atoms with E-state index in [1.807, 2.05) is 18.2 Å². The number of carbonyl (C=O) groups excluding carboxylic acids is 3. The van der Waals surface area contributed by atoms with Crippen molar-refractivity contribution in [3.05, 3.63) is 70.4 Å². The van der Waals surface area contributed by atoms with Crippen molar-refractivity contribution >= 4 is 40.6 Å². The van der Waals surface area contributed by atoms with Crippen molar-refractivity contribution in [1.29, 1.82) is 0 Å². The second-order valence-electron chi connectivity index (χ2n) is 7.85. The highest BCUT2D eigenvalue weighted by atomic mass is 32.2. The number of aryl methyl sites for hydroxylation is 1. The van der Waals surface area contributed by atoms with Gasteiger partial charge in [-0.1, -0.05) is 36.4 Å². The zero-order valence-electron chi connectivity index (χ0n) is 17.7. The molecule has 0 aromatic heterocycles. The minimum absolute atomic E-state index is 0.0666. The molecule has 0 aliphatic carbocycles. The molecule has 0 radical (unpaired) electrons. The van der Waals surface area contributed by atoms with Crippen LogP contribution in [0.3, 0.4) is 0 Å². The van der Waals surface area contributed by atoms with Crippen molar-refractivity contribution in [3.8, 4) is 0 Å². The van der Waals surface area contributed by atoms with E-state index >= 15 is 0 Å². The third-order valence-corrected chi connectivity index (χ3v) is 6.61. The number of para-hydroxylation sites is 1. The monoisotopic (exact) mass is 453 g/mol. The molecule has 166 valence electrons. The summed E-state index contributed by atoms with van der Waals surface area (Å²) in [5, 5.41) is 2.38. The Hall–Kier alpha value is -3.13. The molecule has 3 amide bonds. The third kappa shape index (κ3) is 4.70. The van der Waals surface area contributed by atoms with Gasteiger partial charge in [0.15, 0.2) is 0 Å². The highest BCUT2D eigenvalue weighted by molar-refractivity contribution is 8.18. The van der Waals surface area contributed by atoms with E-state index in [2.05, 4.69) is 23.2 Å². The molecule has 1 atom stereocenters. The molecule has 0 unspecified atom stereocenters. The maximum Gasteiger partial charge on any atom is 0.293 e. The number of benzene rings is 2. The fourth-order valence-corrected chi connectivity index (χ4v) is 4.80. The zero-order valence-corrected chi connectivity index (χ0v) is 18.5. The number of fused-ring (bicyclic) bond motifs is 1. The first-order valence-electron chi connectivity index (χ1n) is 10.5. The lowest BCUT2D eigenvalue weighted by atomic mass is 9.97. The molecule has 8 heteroatoms. The number of anilines is 1. The Labute approximate surface area is 190 Å². The second kappa shape index (κ2) is 9.56. The number of rotatable bonds is 6. The van der Waals surface area contributed by atoms with Crippen LogP contribution < -0.4 is 10.2 Å². The largest absolute Gasteiger partial charge is 0.359 e. The van der Waals surface area contributed by atoms with Gasteiger partial charge in [-0.3, -0.25) is 19.3 Å². The van der Waals surface area contributed by atoms with Crippen molar-refractivity contribution in [1.82, 2.24) is 10.2 Å². The van der Waals surface area contributed by atoms with Gasteiger partial charge in [0.1, 0.15) is 5.82 Å². The molecule has 6 nitrogen and oxygen atoms in total. The van der Waals surface area contributed by atoms with Crippen LogP contribution in [0, 0.1) is 5.82 Å². The molecule has 2 heterocycles. The normalized spacial score (nSPS) is 19.4. The first kappa shape index (κ1) is 22.1. The van der Waals surface area contributed by atoms with Crippen molar-refractivity contribution in [2.24, 2.45) is 0 Å². The number of hydrogen-bond acceptors (Lipinski definition) is 5. The fraction of sp³-hybridized carbons (Fsp3) is 0.292. The van der Waals surface area contributed by atoms with Gasteiger partial charge in [0.25, 0.3) is 11.1 Å². The summed E-state index contributed by atoms with van der Waals surface area (Å²) in [4.78, 5) is 40.7. The van der Waals surface area contributed by atoms with Crippen molar-refractivity contribution in [2.45, 2.75) is 25.8 Å². The number of nitrogens with one attached hydrogen (secondary N) is 1. The van der Waals surface area contributed by atoms with Crippen LogP contribution in [0.25, 0.3) is 6.08 Å². The predicted octanol–water partition coefficient (Wildman–Crippen LogP) is 3.82. The highest BCUT2D eigenvalue weighted by Crippen LogP contribution is 2.32. The maximum atomic E-state index is 13.9. The molecule has 4 rings (SSSR count). The molecule has 0 saturated carbocycles. The Morgan fingerprint density at radius 2 is 1.94 bits per heavy atom. The summed E-state index contributed by atoms with van der Waals surface area (Å²) in [5.41, 5.74) is 2.56. The molecule has 2 aromatic carbocycles. The Morgan fingerprint density at radius 3 is 2.75 bits per heavy atom. The van der Waals surface area contributed by atoms with Gasteiger partial charge in [0.2, 0.25) is 5.91 Å². The van der Waals surface area contributed by atoms with Gasteiger partial charge in [-0.15, -0.1) is 0 Å². The topological polar surface area (TPSA) is 69.7 Å². The first-order chi connectivity index (χ1) is 15.4. The highest BCUT2D eigenvalue weighted by Gasteiger charge is 2.35. The molecule has 2 aliphatic rings. The van der Waals surface area contributed by atoms with E-state index in [0.29, 0.717) is 0 Å². The van der Waals surface area contributed by atoms with Crippen molar-refractivity contribution in [3.63, 3.8) is 0 Å². The van der Waals surface area contributed by atoms with Gasteiger partial charge in [-0.05, 0) is 55.3 Å². The molecular weight excluding hydrogens is 429 g/mol. The summed E-state index contributed by atoms with van der Waals surface area (Å²) >= 11 is 0.776. The second-order valence-corrected chi connectivity index (χ2v) is 8.84. The lowest BCUT2D eigenvalue weighted by Crippen LogP contribution is -2.46. The predicted molar refractivity (Wildman–Crippen MR) is 124 cm³/mol. The van der Waals surface area contributed by atoms with Crippen molar-refractivity contribution in [2.75, 3.05) is 24.5 Å². The van der Waals surface area contributed by atoms with E-state index in [9.17, 15) is 18.8 Å². The quantitative estimate of drug-likeness (QED) is 0.674. The minimum Gasteiger partial charge on any atom is -0.359 e. The van der Waals surface area contributed by atoms with Gasteiger partial charge >= 0.3 is 0 Å². The smallest absolute Gasteiger partial charge is 0.293 e. The molecular formula is C24H24FN3O3S. The number of thioether (sulfide) groups is 1. The van der Waals surface area contributed by atoms with Gasteiger partial charge in [0.05, 0.1) is 11.4 Å². The molecule has 1 N–H and O–H groups in total. The van der Waals surface area contributed by atoms with Crippen molar-refractivity contribution < 1.29 is 18.8 Å². The maximum absolute atomic E-state index is 13.9. The van der Waals surface area contributed by atoms with Crippen LogP contribution in [0.4, 0.5) is 14.9 Å². The molecule has 1 fully saturated rings. The first-order valence-corrected chi connectivity index (χ1v) is 11.4. The molecule has 32 heavy (non-hydrogen) atoms. The van der Waals surface area contributed by atoms with Crippen LogP contribution in [0.2, 0.25) is 0 Å². The van der Waals surface area contributed by atoms with Crippen LogP contribution in [0.1, 0.15) is 24.5 Å². The molecule has 0 spiro atoms. The van der Waals surface area contributed by atoms with Gasteiger partial charge < -0.3 is 10.2 Å². The number of hydrogen-bond donors (Lipinski definition) is 1. The van der Waals surface area contributed by atoms with Crippen LogP contribution in [-0.2, 0) is 16.0 Å². The van der Waals surface area contributed by atoms with Crippen LogP contribution >= 0.6 is 11.8 Å². The third-order valence-electron chi connectivity index (χ3n) is 5.70. The fourth-order valence-electron chi connectivity index (χ4n) is 3.94. The molecule has 0 bridgehead atoms. The lowest BCUT2D eigenvalue weighted by Gasteiger charge is -2.36. The summed E-state index contributed by atoms with van der Waals surface area (Å²) < 4.78 is 13.9. The Kier molecular flexibility index (Phi) is 6.60. The number of carbonyl (C=O) groups is 3. The summed E-state index contributed by atoms with van der Waals surface area (Å²) in [5.74, 6) is -1.10. The number of amides is 3. The van der Waals surface area contributed by atoms with Gasteiger partial charge in [-0.2, -0.15) is 0 Å².